The predicted molar refractivity (Wildman–Crippen MR) is 127 cm³/mol. The van der Waals surface area contributed by atoms with Gasteiger partial charge in [0, 0.05) is 39.1 Å². The Hall–Kier alpha value is -3.03. The van der Waals surface area contributed by atoms with Gasteiger partial charge in [-0.1, -0.05) is 29.8 Å². The summed E-state index contributed by atoms with van der Waals surface area (Å²) in [5.74, 6) is -0.432. The van der Waals surface area contributed by atoms with Crippen LogP contribution in [0.25, 0.3) is 21.8 Å². The van der Waals surface area contributed by atoms with Gasteiger partial charge in [-0.15, -0.1) is 0 Å². The van der Waals surface area contributed by atoms with Crippen molar-refractivity contribution in [3.05, 3.63) is 71.8 Å². The minimum atomic E-state index is -3.66. The zero-order valence-corrected chi connectivity index (χ0v) is 18.7. The summed E-state index contributed by atoms with van der Waals surface area (Å²) in [6.45, 7) is 2.59. The molecule has 0 saturated heterocycles. The van der Waals surface area contributed by atoms with E-state index in [0.29, 0.717) is 16.4 Å². The van der Waals surface area contributed by atoms with Crippen LogP contribution in [0.15, 0.2) is 66.7 Å². The van der Waals surface area contributed by atoms with Crippen LogP contribution in [0.5, 0.6) is 0 Å². The Labute approximate surface area is 186 Å². The number of aromatic nitrogens is 1. The van der Waals surface area contributed by atoms with E-state index in [1.807, 2.05) is 30.3 Å². The Kier molecular flexibility index (Phi) is 5.64. The Morgan fingerprint density at radius 1 is 1.00 bits per heavy atom. The molecule has 0 saturated carbocycles. The molecular weight excluding hydrogens is 434 g/mol. The molecule has 31 heavy (non-hydrogen) atoms. The molecule has 0 fully saturated rings. The van der Waals surface area contributed by atoms with Crippen molar-refractivity contribution in [3.63, 3.8) is 0 Å². The minimum Gasteiger partial charge on any atom is -0.341 e. The summed E-state index contributed by atoms with van der Waals surface area (Å²) in [4.78, 5) is 12.7. The molecular formula is C23H22ClN3O3S. The molecule has 0 radical (unpaired) electrons. The number of anilines is 2. The van der Waals surface area contributed by atoms with Crippen molar-refractivity contribution in [2.75, 3.05) is 22.4 Å². The van der Waals surface area contributed by atoms with Gasteiger partial charge in [-0.25, -0.2) is 8.42 Å². The van der Waals surface area contributed by atoms with E-state index >= 15 is 0 Å². The number of halogens is 1. The van der Waals surface area contributed by atoms with E-state index in [2.05, 4.69) is 28.9 Å². The summed E-state index contributed by atoms with van der Waals surface area (Å²) in [5.41, 5.74) is 3.21. The van der Waals surface area contributed by atoms with E-state index in [4.69, 9.17) is 11.6 Å². The van der Waals surface area contributed by atoms with Crippen LogP contribution in [0, 0.1) is 0 Å². The standard InChI is InChI=1S/C23H22ClN3O3S/c1-3-26-21-7-5-4-6-19(21)20-14-17(10-13-22(20)26)25-23(28)15-27(31(2,29)30)18-11-8-16(24)9-12-18/h4-14H,3,15H2,1-2H3,(H,25,28). The normalized spacial score (nSPS) is 11.7. The third-order valence-corrected chi connectivity index (χ3v) is 6.57. The highest BCUT2D eigenvalue weighted by atomic mass is 35.5. The van der Waals surface area contributed by atoms with Crippen LogP contribution in [0.2, 0.25) is 5.02 Å². The average Bonchev–Trinajstić information content (AvgIpc) is 3.05. The number of benzene rings is 3. The summed E-state index contributed by atoms with van der Waals surface area (Å²) in [6, 6.07) is 20.2. The second-order valence-corrected chi connectivity index (χ2v) is 9.63. The molecule has 1 N–H and O–H groups in total. The minimum absolute atomic E-state index is 0.338. The quantitative estimate of drug-likeness (QED) is 0.450. The number of hydrogen-bond acceptors (Lipinski definition) is 3. The van der Waals surface area contributed by atoms with Crippen molar-refractivity contribution in [2.45, 2.75) is 13.5 Å². The van der Waals surface area contributed by atoms with Crippen molar-refractivity contribution in [2.24, 2.45) is 0 Å². The smallest absolute Gasteiger partial charge is 0.245 e. The van der Waals surface area contributed by atoms with E-state index in [1.54, 1.807) is 24.3 Å². The van der Waals surface area contributed by atoms with Crippen LogP contribution in [0.1, 0.15) is 6.92 Å². The maximum absolute atomic E-state index is 12.7. The van der Waals surface area contributed by atoms with Crippen LogP contribution < -0.4 is 9.62 Å². The summed E-state index contributed by atoms with van der Waals surface area (Å²) in [6.07, 6.45) is 1.07. The first-order chi connectivity index (χ1) is 14.8. The number of fused-ring (bicyclic) bond motifs is 3. The largest absolute Gasteiger partial charge is 0.341 e. The van der Waals surface area contributed by atoms with Crippen molar-refractivity contribution in [3.8, 4) is 0 Å². The molecule has 1 heterocycles. The number of carbonyl (C=O) groups excluding carboxylic acids is 1. The van der Waals surface area contributed by atoms with Crippen LogP contribution in [0.4, 0.5) is 11.4 Å². The van der Waals surface area contributed by atoms with E-state index < -0.39 is 15.9 Å². The zero-order chi connectivity index (χ0) is 22.2. The maximum atomic E-state index is 12.7. The lowest BCUT2D eigenvalue weighted by Crippen LogP contribution is -2.37. The Balaban J connectivity index is 1.63. The SMILES string of the molecule is CCn1c2ccccc2c2cc(NC(=O)CN(c3ccc(Cl)cc3)S(C)(=O)=O)ccc21. The molecule has 6 nitrogen and oxygen atoms in total. The number of aryl methyl sites for hydroxylation is 1. The number of sulfonamides is 1. The molecule has 0 bridgehead atoms. The van der Waals surface area contributed by atoms with Gasteiger partial charge in [-0.05, 0) is 55.5 Å². The molecule has 4 rings (SSSR count). The number of nitrogens with zero attached hydrogens (tertiary/aromatic N) is 2. The Bertz CT molecular complexity index is 1380. The third kappa shape index (κ3) is 4.24. The van der Waals surface area contributed by atoms with E-state index in [1.165, 1.54) is 0 Å². The fourth-order valence-electron chi connectivity index (χ4n) is 3.81. The van der Waals surface area contributed by atoms with Gasteiger partial charge in [0.25, 0.3) is 0 Å². The molecule has 8 heteroatoms. The first-order valence-corrected chi connectivity index (χ1v) is 12.0. The van der Waals surface area contributed by atoms with Gasteiger partial charge >= 0.3 is 0 Å². The Morgan fingerprint density at radius 2 is 1.68 bits per heavy atom. The van der Waals surface area contributed by atoms with Crippen LogP contribution in [-0.4, -0.2) is 31.7 Å². The topological polar surface area (TPSA) is 71.4 Å². The molecule has 160 valence electrons. The molecule has 0 aliphatic rings. The van der Waals surface area contributed by atoms with Gasteiger partial charge in [-0.2, -0.15) is 0 Å². The van der Waals surface area contributed by atoms with Crippen molar-refractivity contribution in [1.29, 1.82) is 0 Å². The Morgan fingerprint density at radius 3 is 2.35 bits per heavy atom. The van der Waals surface area contributed by atoms with E-state index in [9.17, 15) is 13.2 Å². The molecule has 1 amide bonds. The molecule has 3 aromatic carbocycles. The zero-order valence-electron chi connectivity index (χ0n) is 17.2. The number of amides is 1. The molecule has 0 unspecified atom stereocenters. The lowest BCUT2D eigenvalue weighted by molar-refractivity contribution is -0.114. The summed E-state index contributed by atoms with van der Waals surface area (Å²) in [7, 11) is -3.66. The number of carbonyl (C=O) groups is 1. The van der Waals surface area contributed by atoms with Crippen molar-refractivity contribution >= 4 is 60.7 Å². The first-order valence-electron chi connectivity index (χ1n) is 9.82. The van der Waals surface area contributed by atoms with Gasteiger partial charge in [0.1, 0.15) is 6.54 Å². The molecule has 0 spiro atoms. The lowest BCUT2D eigenvalue weighted by Gasteiger charge is -2.22. The fourth-order valence-corrected chi connectivity index (χ4v) is 4.79. The molecule has 0 aliphatic carbocycles. The first kappa shape index (κ1) is 21.2. The van der Waals surface area contributed by atoms with Crippen LogP contribution in [0.3, 0.4) is 0 Å². The van der Waals surface area contributed by atoms with Gasteiger partial charge in [0.2, 0.25) is 15.9 Å². The lowest BCUT2D eigenvalue weighted by atomic mass is 10.1. The molecule has 1 aromatic heterocycles. The maximum Gasteiger partial charge on any atom is 0.245 e. The highest BCUT2D eigenvalue weighted by molar-refractivity contribution is 7.92. The van der Waals surface area contributed by atoms with Gasteiger partial charge in [0.05, 0.1) is 11.9 Å². The van der Waals surface area contributed by atoms with Crippen molar-refractivity contribution < 1.29 is 13.2 Å². The number of hydrogen-bond donors (Lipinski definition) is 1. The molecule has 0 atom stereocenters. The number of rotatable bonds is 6. The monoisotopic (exact) mass is 455 g/mol. The number of para-hydroxylation sites is 1. The van der Waals surface area contributed by atoms with E-state index in [0.717, 1.165) is 38.9 Å². The highest BCUT2D eigenvalue weighted by Gasteiger charge is 2.21. The van der Waals surface area contributed by atoms with Gasteiger partial charge in [-0.3, -0.25) is 9.10 Å². The second kappa shape index (κ2) is 8.24. The molecule has 0 aliphatic heterocycles. The highest BCUT2D eigenvalue weighted by Crippen LogP contribution is 2.31. The van der Waals surface area contributed by atoms with Crippen LogP contribution >= 0.6 is 11.6 Å². The van der Waals surface area contributed by atoms with Crippen molar-refractivity contribution in [1.82, 2.24) is 4.57 Å². The van der Waals surface area contributed by atoms with E-state index in [-0.39, 0.29) is 6.54 Å². The second-order valence-electron chi connectivity index (χ2n) is 7.29. The number of nitrogens with one attached hydrogen (secondary N) is 1. The molecule has 4 aromatic rings. The third-order valence-electron chi connectivity index (χ3n) is 5.17. The summed E-state index contributed by atoms with van der Waals surface area (Å²) >= 11 is 5.90. The van der Waals surface area contributed by atoms with Gasteiger partial charge in [0.15, 0.2) is 0 Å². The summed E-state index contributed by atoms with van der Waals surface area (Å²) in [5, 5.41) is 5.46. The summed E-state index contributed by atoms with van der Waals surface area (Å²) < 4.78 is 27.8. The van der Waals surface area contributed by atoms with Crippen LogP contribution in [-0.2, 0) is 21.4 Å². The fraction of sp³-hybridized carbons (Fsp3) is 0.174. The predicted octanol–water partition coefficient (Wildman–Crippen LogP) is 4.87. The van der Waals surface area contributed by atoms with Gasteiger partial charge < -0.3 is 9.88 Å². The average molecular weight is 456 g/mol.